The number of hydrogen-bond donors (Lipinski definition) is 0. The molecule has 0 aromatic carbocycles. The predicted octanol–water partition coefficient (Wildman–Crippen LogP) is 19.7. The van der Waals surface area contributed by atoms with Crippen molar-refractivity contribution in [1.29, 1.82) is 0 Å². The summed E-state index contributed by atoms with van der Waals surface area (Å²) in [6.45, 7) is 8.74. The van der Waals surface area contributed by atoms with Crippen molar-refractivity contribution >= 4 is 17.9 Å². The third-order valence-electron chi connectivity index (χ3n) is 13.2. The molecule has 0 unspecified atom stereocenters. The lowest BCUT2D eigenvalue weighted by Gasteiger charge is -2.32. The minimum atomic E-state index is -1.16. The van der Waals surface area contributed by atoms with Crippen LogP contribution in [0.1, 0.15) is 317 Å². The van der Waals surface area contributed by atoms with E-state index in [0.29, 0.717) is 25.7 Å². The van der Waals surface area contributed by atoms with Gasteiger partial charge in [-0.05, 0) is 109 Å². The fourth-order valence-electron chi connectivity index (χ4n) is 8.68. The van der Waals surface area contributed by atoms with Crippen molar-refractivity contribution in [3.63, 3.8) is 0 Å². The monoisotopic (exact) mass is 941 g/mol. The molecule has 0 heterocycles. The molecule has 0 atom stereocenters. The van der Waals surface area contributed by atoms with Gasteiger partial charge in [0, 0.05) is 19.3 Å². The Balaban J connectivity index is 4.84. The molecule has 0 saturated carbocycles. The summed E-state index contributed by atoms with van der Waals surface area (Å²) >= 11 is 0. The van der Waals surface area contributed by atoms with Gasteiger partial charge in [0.25, 0.3) is 0 Å². The number of esters is 3. The molecule has 6 heteroatoms. The molecule has 0 aromatic heterocycles. The minimum absolute atomic E-state index is 0.0737. The molecule has 6 nitrogen and oxygen atoms in total. The van der Waals surface area contributed by atoms with Crippen molar-refractivity contribution < 1.29 is 28.6 Å². The fraction of sp³-hybridized carbons (Fsp3) is 0.852. The molecule has 0 saturated heterocycles. The highest BCUT2D eigenvalue weighted by Crippen LogP contribution is 2.25. The van der Waals surface area contributed by atoms with E-state index in [9.17, 15) is 14.4 Å². The van der Waals surface area contributed by atoms with Crippen molar-refractivity contribution in [1.82, 2.24) is 0 Å². The van der Waals surface area contributed by atoms with Gasteiger partial charge in [0.15, 0.2) is 5.60 Å². The van der Waals surface area contributed by atoms with Crippen LogP contribution in [-0.2, 0) is 28.6 Å². The van der Waals surface area contributed by atoms with Gasteiger partial charge in [-0.15, -0.1) is 0 Å². The zero-order valence-electron chi connectivity index (χ0n) is 45.1. The molecular formula is C61H112O6. The highest BCUT2D eigenvalue weighted by atomic mass is 16.6. The van der Waals surface area contributed by atoms with E-state index >= 15 is 0 Å². The van der Waals surface area contributed by atoms with Gasteiger partial charge in [-0.2, -0.15) is 0 Å². The second-order valence-electron chi connectivity index (χ2n) is 20.1. The van der Waals surface area contributed by atoms with E-state index in [4.69, 9.17) is 14.2 Å². The second kappa shape index (κ2) is 53.0. The van der Waals surface area contributed by atoms with Gasteiger partial charge in [-0.1, -0.05) is 225 Å². The Morgan fingerprint density at radius 3 is 0.821 bits per heavy atom. The van der Waals surface area contributed by atoms with Crippen molar-refractivity contribution in [2.75, 3.05) is 13.2 Å². The smallest absolute Gasteiger partial charge is 0.306 e. The van der Waals surface area contributed by atoms with Crippen LogP contribution in [-0.4, -0.2) is 36.7 Å². The zero-order valence-corrected chi connectivity index (χ0v) is 45.1. The average Bonchev–Trinajstić information content (AvgIpc) is 3.33. The summed E-state index contributed by atoms with van der Waals surface area (Å²) in [5.74, 6) is -0.840. The molecule has 0 radical (unpaired) electrons. The first-order valence-corrected chi connectivity index (χ1v) is 29.4. The molecule has 0 amide bonds. The van der Waals surface area contributed by atoms with Gasteiger partial charge < -0.3 is 14.2 Å². The van der Waals surface area contributed by atoms with Crippen LogP contribution in [0, 0.1) is 0 Å². The van der Waals surface area contributed by atoms with E-state index in [1.165, 1.54) is 167 Å². The molecule has 0 aliphatic carbocycles. The third-order valence-corrected chi connectivity index (χ3v) is 13.2. The fourth-order valence-corrected chi connectivity index (χ4v) is 8.68. The van der Waals surface area contributed by atoms with Crippen molar-refractivity contribution in [2.24, 2.45) is 0 Å². The summed E-state index contributed by atoms with van der Waals surface area (Å²) in [7, 11) is 0. The maximum Gasteiger partial charge on any atom is 0.306 e. The van der Waals surface area contributed by atoms with E-state index in [-0.39, 0.29) is 31.1 Å². The van der Waals surface area contributed by atoms with Gasteiger partial charge in [0.05, 0.1) is 0 Å². The predicted molar refractivity (Wildman–Crippen MR) is 289 cm³/mol. The normalized spacial score (nSPS) is 12.0. The van der Waals surface area contributed by atoms with Crippen LogP contribution in [0.25, 0.3) is 0 Å². The number of hydrogen-bond acceptors (Lipinski definition) is 6. The Morgan fingerprint density at radius 1 is 0.299 bits per heavy atom. The lowest BCUT2D eigenvalue weighted by atomic mass is 9.97. The van der Waals surface area contributed by atoms with Crippen LogP contribution < -0.4 is 0 Å². The summed E-state index contributed by atoms with van der Waals surface area (Å²) in [5, 5.41) is 0. The molecule has 0 spiro atoms. The van der Waals surface area contributed by atoms with Crippen molar-refractivity contribution in [3.05, 3.63) is 36.5 Å². The van der Waals surface area contributed by atoms with Gasteiger partial charge in [-0.25, -0.2) is 0 Å². The number of rotatable bonds is 53. The lowest BCUT2D eigenvalue weighted by molar-refractivity contribution is -0.186. The van der Waals surface area contributed by atoms with Gasteiger partial charge in [-0.3, -0.25) is 14.4 Å². The van der Waals surface area contributed by atoms with Crippen LogP contribution in [0.5, 0.6) is 0 Å². The van der Waals surface area contributed by atoms with Crippen molar-refractivity contribution in [3.8, 4) is 0 Å². The standard InChI is InChI=1S/C61H112O6/c1-5-9-13-16-19-22-25-28-31-34-37-40-43-46-49-52-58(62)65-56-61(55-12-8-4,67-60(64)54-51-48-45-42-39-36-33-30-27-24-21-18-15-11-7-3)57-66-59(63)53-50-47-44-41-38-35-32-29-26-23-20-17-14-10-6-2/h28-33H,5-27,34-57H2,1-4H3/b31-28-,32-29-,33-30-. The number of carbonyl (C=O) groups is 3. The molecule has 0 aliphatic heterocycles. The Morgan fingerprint density at radius 2 is 0.537 bits per heavy atom. The summed E-state index contributed by atoms with van der Waals surface area (Å²) in [4.78, 5) is 39.4. The molecule has 0 bridgehead atoms. The van der Waals surface area contributed by atoms with Crippen LogP contribution in [0.3, 0.4) is 0 Å². The summed E-state index contributed by atoms with van der Waals surface area (Å²) in [6.07, 6.45) is 64.2. The topological polar surface area (TPSA) is 78.9 Å². The third kappa shape index (κ3) is 48.4. The van der Waals surface area contributed by atoms with Gasteiger partial charge >= 0.3 is 17.9 Å². The first kappa shape index (κ1) is 64.6. The molecular weight excluding hydrogens is 829 g/mol. The van der Waals surface area contributed by atoms with Crippen LogP contribution >= 0.6 is 0 Å². The summed E-state index contributed by atoms with van der Waals surface area (Å²) < 4.78 is 17.9. The number of allylic oxidation sites excluding steroid dienone is 6. The molecule has 0 aliphatic rings. The Kier molecular flexibility index (Phi) is 51.1. The average molecular weight is 942 g/mol. The molecule has 0 aromatic rings. The first-order chi connectivity index (χ1) is 32.9. The largest absolute Gasteiger partial charge is 0.461 e. The maximum absolute atomic E-state index is 13.4. The Hall–Kier alpha value is -2.37. The highest BCUT2D eigenvalue weighted by Gasteiger charge is 2.37. The van der Waals surface area contributed by atoms with Crippen LogP contribution in [0.2, 0.25) is 0 Å². The number of unbranched alkanes of at least 4 members (excludes halogenated alkanes) is 34. The number of carbonyl (C=O) groups excluding carboxylic acids is 3. The van der Waals surface area contributed by atoms with Crippen LogP contribution in [0.4, 0.5) is 0 Å². The van der Waals surface area contributed by atoms with Crippen molar-refractivity contribution in [2.45, 2.75) is 322 Å². The van der Waals surface area contributed by atoms with Gasteiger partial charge in [0.2, 0.25) is 0 Å². The second-order valence-corrected chi connectivity index (χ2v) is 20.1. The highest BCUT2D eigenvalue weighted by molar-refractivity contribution is 5.71. The summed E-state index contributed by atoms with van der Waals surface area (Å²) in [6, 6.07) is 0. The van der Waals surface area contributed by atoms with E-state index < -0.39 is 5.60 Å². The Labute approximate surface area is 416 Å². The molecule has 0 fully saturated rings. The van der Waals surface area contributed by atoms with E-state index in [2.05, 4.69) is 64.2 Å². The first-order valence-electron chi connectivity index (χ1n) is 29.4. The lowest BCUT2D eigenvalue weighted by Crippen LogP contribution is -2.45. The SMILES string of the molecule is CCCCCCCC/C=C\CCCCCCCC(=O)OCC(CCCC)(COC(=O)CCCCCCC/C=C\CCCCCCCC)OC(=O)CCCCCCC/C=C\CCCCCCCC. The molecule has 67 heavy (non-hydrogen) atoms. The summed E-state index contributed by atoms with van der Waals surface area (Å²) in [5.41, 5.74) is -1.16. The molecule has 0 N–H and O–H groups in total. The quantitative estimate of drug-likeness (QED) is 0.0262. The van der Waals surface area contributed by atoms with Crippen LogP contribution in [0.15, 0.2) is 36.5 Å². The molecule has 0 rings (SSSR count). The Bertz CT molecular complexity index is 1100. The van der Waals surface area contributed by atoms with E-state index in [1.807, 2.05) is 0 Å². The van der Waals surface area contributed by atoms with E-state index in [1.54, 1.807) is 0 Å². The minimum Gasteiger partial charge on any atom is -0.461 e. The molecule has 392 valence electrons. The van der Waals surface area contributed by atoms with Gasteiger partial charge in [0.1, 0.15) is 13.2 Å². The van der Waals surface area contributed by atoms with E-state index in [0.717, 1.165) is 96.3 Å². The zero-order chi connectivity index (χ0) is 48.8. The number of ether oxygens (including phenoxy) is 3. The maximum atomic E-state index is 13.4.